The molecule has 20 heavy (non-hydrogen) atoms. The summed E-state index contributed by atoms with van der Waals surface area (Å²) in [6.45, 7) is 4.32. The number of rotatable bonds is 6. The molecule has 0 bridgehead atoms. The van der Waals surface area contributed by atoms with Gasteiger partial charge in [-0.3, -0.25) is 4.99 Å². The molecule has 6 heteroatoms. The van der Waals surface area contributed by atoms with Crippen LogP contribution in [0.1, 0.15) is 12.5 Å². The van der Waals surface area contributed by atoms with E-state index >= 15 is 0 Å². The smallest absolute Gasteiger partial charge is 0.231 e. The Balaban J connectivity index is 1.82. The zero-order valence-corrected chi connectivity index (χ0v) is 11.7. The fourth-order valence-corrected chi connectivity index (χ4v) is 1.93. The second-order valence-electron chi connectivity index (χ2n) is 4.35. The molecule has 110 valence electrons. The summed E-state index contributed by atoms with van der Waals surface area (Å²) in [7, 11) is 0. The Bertz CT molecular complexity index is 463. The second-order valence-corrected chi connectivity index (χ2v) is 4.35. The Morgan fingerprint density at radius 2 is 2.15 bits per heavy atom. The fraction of sp³-hybridized carbons (Fsp3) is 0.500. The van der Waals surface area contributed by atoms with Crippen molar-refractivity contribution < 1.29 is 14.6 Å². The Labute approximate surface area is 118 Å². The van der Waals surface area contributed by atoms with Crippen LogP contribution >= 0.6 is 0 Å². The predicted octanol–water partition coefficient (Wildman–Crippen LogP) is 0.505. The van der Waals surface area contributed by atoms with Crippen molar-refractivity contribution in [2.24, 2.45) is 4.99 Å². The number of nitrogens with zero attached hydrogens (tertiary/aromatic N) is 1. The van der Waals surface area contributed by atoms with E-state index in [0.717, 1.165) is 37.0 Å². The molecule has 0 saturated carbocycles. The number of guanidine groups is 1. The van der Waals surface area contributed by atoms with Gasteiger partial charge in [-0.05, 0) is 31.0 Å². The van der Waals surface area contributed by atoms with E-state index in [4.69, 9.17) is 14.6 Å². The predicted molar refractivity (Wildman–Crippen MR) is 77.3 cm³/mol. The third-order valence-electron chi connectivity index (χ3n) is 2.86. The first-order valence-corrected chi connectivity index (χ1v) is 6.85. The highest BCUT2D eigenvalue weighted by atomic mass is 16.7. The maximum Gasteiger partial charge on any atom is 0.231 e. The summed E-state index contributed by atoms with van der Waals surface area (Å²) < 4.78 is 10.6. The van der Waals surface area contributed by atoms with Crippen molar-refractivity contribution in [3.63, 3.8) is 0 Å². The van der Waals surface area contributed by atoms with Crippen molar-refractivity contribution in [2.75, 3.05) is 33.0 Å². The van der Waals surface area contributed by atoms with Crippen LogP contribution in [-0.4, -0.2) is 44.1 Å². The summed E-state index contributed by atoms with van der Waals surface area (Å²) >= 11 is 0. The van der Waals surface area contributed by atoms with Crippen LogP contribution in [0.25, 0.3) is 0 Å². The van der Waals surface area contributed by atoms with E-state index in [2.05, 4.69) is 15.6 Å². The van der Waals surface area contributed by atoms with Gasteiger partial charge in [0.15, 0.2) is 17.5 Å². The van der Waals surface area contributed by atoms with Gasteiger partial charge in [-0.2, -0.15) is 0 Å². The summed E-state index contributed by atoms with van der Waals surface area (Å²) in [5.41, 5.74) is 1.18. The van der Waals surface area contributed by atoms with E-state index in [-0.39, 0.29) is 6.61 Å². The number of aliphatic hydroxyl groups is 1. The zero-order chi connectivity index (χ0) is 14.2. The third-order valence-corrected chi connectivity index (χ3v) is 2.86. The van der Waals surface area contributed by atoms with Gasteiger partial charge in [-0.1, -0.05) is 6.07 Å². The standard InChI is InChI=1S/C14H21N3O3/c1-2-15-14(17-7-8-18)16-6-5-11-3-4-12-13(9-11)20-10-19-12/h3-4,9,18H,2,5-8,10H2,1H3,(H2,15,16,17). The largest absolute Gasteiger partial charge is 0.454 e. The van der Waals surface area contributed by atoms with Crippen molar-refractivity contribution in [3.8, 4) is 11.5 Å². The SMILES string of the molecule is CCNC(=NCCO)NCCc1ccc2c(c1)OCO2. The molecule has 0 fully saturated rings. The number of hydrogen-bond donors (Lipinski definition) is 3. The first kappa shape index (κ1) is 14.5. The maximum absolute atomic E-state index is 8.79. The molecule has 1 aliphatic rings. The van der Waals surface area contributed by atoms with Crippen LogP contribution < -0.4 is 20.1 Å². The average molecular weight is 279 g/mol. The van der Waals surface area contributed by atoms with Crippen LogP contribution in [0.2, 0.25) is 0 Å². The summed E-state index contributed by atoms with van der Waals surface area (Å²) in [6.07, 6.45) is 0.861. The van der Waals surface area contributed by atoms with Crippen LogP contribution in [0, 0.1) is 0 Å². The van der Waals surface area contributed by atoms with E-state index in [1.54, 1.807) is 0 Å². The summed E-state index contributed by atoms with van der Waals surface area (Å²) in [5.74, 6) is 2.34. The first-order chi connectivity index (χ1) is 9.83. The summed E-state index contributed by atoms with van der Waals surface area (Å²) in [4.78, 5) is 4.22. The molecule has 1 heterocycles. The number of fused-ring (bicyclic) bond motifs is 1. The molecule has 0 atom stereocenters. The van der Waals surface area contributed by atoms with Gasteiger partial charge in [0, 0.05) is 13.1 Å². The number of benzene rings is 1. The number of ether oxygens (including phenoxy) is 2. The van der Waals surface area contributed by atoms with Gasteiger partial charge in [0.1, 0.15) is 0 Å². The van der Waals surface area contributed by atoms with Crippen molar-refractivity contribution in [1.82, 2.24) is 10.6 Å². The van der Waals surface area contributed by atoms with Gasteiger partial charge in [0.2, 0.25) is 6.79 Å². The molecule has 0 aliphatic carbocycles. The van der Waals surface area contributed by atoms with Crippen molar-refractivity contribution in [1.29, 1.82) is 0 Å². The minimum absolute atomic E-state index is 0.0543. The Morgan fingerprint density at radius 1 is 1.30 bits per heavy atom. The minimum atomic E-state index is 0.0543. The van der Waals surface area contributed by atoms with Gasteiger partial charge in [-0.15, -0.1) is 0 Å². The van der Waals surface area contributed by atoms with Gasteiger partial charge >= 0.3 is 0 Å². The molecular formula is C14H21N3O3. The lowest BCUT2D eigenvalue weighted by atomic mass is 10.1. The average Bonchev–Trinajstić information content (AvgIpc) is 2.92. The minimum Gasteiger partial charge on any atom is -0.454 e. The van der Waals surface area contributed by atoms with Gasteiger partial charge in [0.25, 0.3) is 0 Å². The monoisotopic (exact) mass is 279 g/mol. The molecule has 0 amide bonds. The van der Waals surface area contributed by atoms with Gasteiger partial charge in [0.05, 0.1) is 13.2 Å². The Hall–Kier alpha value is -1.95. The normalized spacial score (nSPS) is 13.4. The lowest BCUT2D eigenvalue weighted by Gasteiger charge is -2.11. The fourth-order valence-electron chi connectivity index (χ4n) is 1.93. The number of nitrogens with one attached hydrogen (secondary N) is 2. The van der Waals surface area contributed by atoms with Crippen LogP contribution in [0.15, 0.2) is 23.2 Å². The van der Waals surface area contributed by atoms with Crippen LogP contribution in [-0.2, 0) is 6.42 Å². The number of aliphatic hydroxyl groups excluding tert-OH is 1. The van der Waals surface area contributed by atoms with E-state index in [1.807, 2.05) is 25.1 Å². The topological polar surface area (TPSA) is 75.1 Å². The maximum atomic E-state index is 8.79. The molecule has 0 unspecified atom stereocenters. The van der Waals surface area contributed by atoms with Crippen molar-refractivity contribution >= 4 is 5.96 Å². The molecule has 3 N–H and O–H groups in total. The molecule has 1 aliphatic heterocycles. The lowest BCUT2D eigenvalue weighted by Crippen LogP contribution is -2.38. The van der Waals surface area contributed by atoms with Crippen LogP contribution in [0.5, 0.6) is 11.5 Å². The quantitative estimate of drug-likeness (QED) is 0.522. The third kappa shape index (κ3) is 4.03. The number of aliphatic imine (C=N–C) groups is 1. The molecule has 0 spiro atoms. The van der Waals surface area contributed by atoms with Crippen molar-refractivity contribution in [3.05, 3.63) is 23.8 Å². The van der Waals surface area contributed by atoms with E-state index in [0.29, 0.717) is 13.3 Å². The molecule has 0 aromatic heterocycles. The lowest BCUT2D eigenvalue weighted by molar-refractivity contribution is 0.174. The summed E-state index contributed by atoms with van der Waals surface area (Å²) in [5, 5.41) is 15.1. The second kappa shape index (κ2) is 7.59. The van der Waals surface area contributed by atoms with E-state index in [1.165, 1.54) is 5.56 Å². The van der Waals surface area contributed by atoms with E-state index in [9.17, 15) is 0 Å². The highest BCUT2D eigenvalue weighted by Crippen LogP contribution is 2.32. The molecule has 1 aromatic carbocycles. The highest BCUT2D eigenvalue weighted by Gasteiger charge is 2.12. The van der Waals surface area contributed by atoms with E-state index < -0.39 is 0 Å². The van der Waals surface area contributed by atoms with Crippen LogP contribution in [0.3, 0.4) is 0 Å². The van der Waals surface area contributed by atoms with Crippen molar-refractivity contribution in [2.45, 2.75) is 13.3 Å². The van der Waals surface area contributed by atoms with Gasteiger partial charge < -0.3 is 25.2 Å². The molecule has 1 aromatic rings. The molecule has 2 rings (SSSR count). The molecule has 6 nitrogen and oxygen atoms in total. The Morgan fingerprint density at radius 3 is 2.95 bits per heavy atom. The number of hydrogen-bond acceptors (Lipinski definition) is 4. The highest BCUT2D eigenvalue weighted by molar-refractivity contribution is 5.79. The molecule has 0 radical (unpaired) electrons. The first-order valence-electron chi connectivity index (χ1n) is 6.85. The van der Waals surface area contributed by atoms with Crippen LogP contribution in [0.4, 0.5) is 0 Å². The zero-order valence-electron chi connectivity index (χ0n) is 11.7. The summed E-state index contributed by atoms with van der Waals surface area (Å²) in [6, 6.07) is 5.97. The molecular weight excluding hydrogens is 258 g/mol. The van der Waals surface area contributed by atoms with Gasteiger partial charge in [-0.25, -0.2) is 0 Å². The Kier molecular flexibility index (Phi) is 5.49. The molecule has 0 saturated heterocycles.